The fraction of sp³-hybridized carbons (Fsp3) is 0.600. The Morgan fingerprint density at radius 3 is 2.57 bits per heavy atom. The number of nitrogens with zero attached hydrogens (tertiary/aromatic N) is 3. The number of hydrogen-bond donors (Lipinski definition) is 2. The number of anilines is 1. The van der Waals surface area contributed by atoms with Gasteiger partial charge >= 0.3 is 0 Å². The van der Waals surface area contributed by atoms with Gasteiger partial charge < -0.3 is 29.7 Å². The second-order valence-electron chi connectivity index (χ2n) is 12.6. The van der Waals surface area contributed by atoms with Crippen molar-refractivity contribution in [1.82, 2.24) is 14.7 Å². The molecule has 1 heterocycles. The van der Waals surface area contributed by atoms with E-state index in [9.17, 15) is 14.7 Å². The van der Waals surface area contributed by atoms with Crippen molar-refractivity contribution in [2.75, 3.05) is 59.3 Å². The third-order valence-electron chi connectivity index (χ3n) is 8.13. The van der Waals surface area contributed by atoms with Crippen LogP contribution in [0.4, 0.5) is 5.69 Å². The molecule has 0 aromatic heterocycles. The molecular formula is C35H54N4O5. The lowest BCUT2D eigenvalue weighted by atomic mass is 10.0. The molecule has 1 aliphatic rings. The maximum atomic E-state index is 14.3. The van der Waals surface area contributed by atoms with Crippen LogP contribution in [0.1, 0.15) is 68.8 Å². The highest BCUT2D eigenvalue weighted by atomic mass is 16.5. The van der Waals surface area contributed by atoms with Crippen LogP contribution in [-0.2, 0) is 16.1 Å². The number of carbonyl (C=O) groups excluding carboxylic acids is 2. The van der Waals surface area contributed by atoms with Crippen LogP contribution in [-0.4, -0.2) is 104 Å². The van der Waals surface area contributed by atoms with Crippen LogP contribution in [0.15, 0.2) is 48.5 Å². The first kappa shape index (κ1) is 35.5. The van der Waals surface area contributed by atoms with Crippen LogP contribution in [0.2, 0.25) is 0 Å². The lowest BCUT2D eigenvalue weighted by Gasteiger charge is -2.36. The number of amides is 2. The van der Waals surface area contributed by atoms with Crippen molar-refractivity contribution in [2.24, 2.45) is 5.92 Å². The van der Waals surface area contributed by atoms with Gasteiger partial charge in [0.2, 0.25) is 5.91 Å². The molecule has 0 saturated heterocycles. The third-order valence-corrected chi connectivity index (χ3v) is 8.13. The van der Waals surface area contributed by atoms with Gasteiger partial charge in [-0.2, -0.15) is 0 Å². The van der Waals surface area contributed by atoms with E-state index in [1.54, 1.807) is 23.1 Å². The zero-order valence-corrected chi connectivity index (χ0v) is 27.6. The van der Waals surface area contributed by atoms with E-state index in [0.29, 0.717) is 43.1 Å². The van der Waals surface area contributed by atoms with Crippen molar-refractivity contribution >= 4 is 17.5 Å². The average Bonchev–Trinajstić information content (AvgIpc) is 2.98. The molecule has 9 nitrogen and oxygen atoms in total. The lowest BCUT2D eigenvalue weighted by Crippen LogP contribution is -2.47. The number of hydrogen-bond acceptors (Lipinski definition) is 7. The molecule has 244 valence electrons. The average molecular weight is 611 g/mol. The summed E-state index contributed by atoms with van der Waals surface area (Å²) in [7, 11) is 6.06. The molecule has 2 N–H and O–H groups in total. The first-order chi connectivity index (χ1) is 21.1. The molecular weight excluding hydrogens is 556 g/mol. The molecule has 0 unspecified atom stereocenters. The number of aliphatic hydroxyl groups excluding tert-OH is 1. The molecule has 3 rings (SSSR count). The second kappa shape index (κ2) is 18.1. The van der Waals surface area contributed by atoms with Gasteiger partial charge in [0, 0.05) is 44.3 Å². The van der Waals surface area contributed by atoms with E-state index < -0.39 is 6.04 Å². The van der Waals surface area contributed by atoms with E-state index in [2.05, 4.69) is 36.3 Å². The fourth-order valence-corrected chi connectivity index (χ4v) is 5.51. The zero-order chi connectivity index (χ0) is 32.1. The minimum atomic E-state index is -0.421. The summed E-state index contributed by atoms with van der Waals surface area (Å²) in [5.74, 6) is 0.154. The number of ether oxygens (including phenoxy) is 2. The summed E-state index contributed by atoms with van der Waals surface area (Å²) in [6.45, 7) is 9.18. The quantitative estimate of drug-likeness (QED) is 0.374. The van der Waals surface area contributed by atoms with Crippen molar-refractivity contribution in [3.63, 3.8) is 0 Å². The van der Waals surface area contributed by atoms with Gasteiger partial charge in [0.05, 0.1) is 30.4 Å². The Hall–Kier alpha value is -2.98. The monoisotopic (exact) mass is 610 g/mol. The Labute approximate surface area is 264 Å². The first-order valence-electron chi connectivity index (χ1n) is 16.1. The van der Waals surface area contributed by atoms with Crippen molar-refractivity contribution in [3.8, 4) is 5.75 Å². The number of benzene rings is 2. The van der Waals surface area contributed by atoms with Crippen molar-refractivity contribution in [3.05, 3.63) is 59.7 Å². The third kappa shape index (κ3) is 11.5. The molecule has 0 aliphatic carbocycles. The molecule has 0 bridgehead atoms. The van der Waals surface area contributed by atoms with Crippen molar-refractivity contribution < 1.29 is 24.2 Å². The molecule has 0 spiro atoms. The fourth-order valence-electron chi connectivity index (χ4n) is 5.51. The summed E-state index contributed by atoms with van der Waals surface area (Å²) in [4.78, 5) is 33.0. The Morgan fingerprint density at radius 1 is 1.11 bits per heavy atom. The first-order valence-corrected chi connectivity index (χ1v) is 16.1. The standard InChI is InChI=1S/C35H54N4O5/c1-26-22-39(27(2)25-40)35(42)31-21-30(36-34(41)16-12-19-37(4)5)17-18-32(31)44-28(3)13-10-11-20-43-33(26)24-38(6)23-29-14-8-7-9-15-29/h7-9,14-15,17-18,21,26-28,33,40H,10-13,16,19-20,22-25H2,1-6H3,(H,36,41)/t26-,27-,28-,33+/m0/s1. The van der Waals surface area contributed by atoms with E-state index >= 15 is 0 Å². The summed E-state index contributed by atoms with van der Waals surface area (Å²) >= 11 is 0. The van der Waals surface area contributed by atoms with Crippen molar-refractivity contribution in [2.45, 2.75) is 77.7 Å². The van der Waals surface area contributed by atoms with Gasteiger partial charge in [-0.25, -0.2) is 0 Å². The predicted octanol–water partition coefficient (Wildman–Crippen LogP) is 4.89. The van der Waals surface area contributed by atoms with E-state index in [1.807, 2.05) is 51.0 Å². The van der Waals surface area contributed by atoms with E-state index in [-0.39, 0.29) is 36.5 Å². The van der Waals surface area contributed by atoms with Gasteiger partial charge in [0.1, 0.15) is 5.75 Å². The van der Waals surface area contributed by atoms with Gasteiger partial charge in [0.25, 0.3) is 5.91 Å². The largest absolute Gasteiger partial charge is 0.490 e. The summed E-state index contributed by atoms with van der Waals surface area (Å²) < 4.78 is 12.8. The van der Waals surface area contributed by atoms with Gasteiger partial charge in [-0.05, 0) is 91.0 Å². The molecule has 0 fully saturated rings. The molecule has 1 aliphatic heterocycles. The number of rotatable bonds is 11. The highest BCUT2D eigenvalue weighted by Crippen LogP contribution is 2.28. The van der Waals surface area contributed by atoms with Crippen molar-refractivity contribution in [1.29, 1.82) is 0 Å². The number of aliphatic hydroxyl groups is 1. The molecule has 0 saturated carbocycles. The van der Waals surface area contributed by atoms with Gasteiger partial charge in [0.15, 0.2) is 0 Å². The highest BCUT2D eigenvalue weighted by Gasteiger charge is 2.30. The molecule has 2 aromatic carbocycles. The summed E-state index contributed by atoms with van der Waals surface area (Å²) in [6, 6.07) is 15.2. The highest BCUT2D eigenvalue weighted by molar-refractivity contribution is 5.99. The smallest absolute Gasteiger partial charge is 0.258 e. The minimum absolute atomic E-state index is 0.00279. The zero-order valence-electron chi connectivity index (χ0n) is 27.6. The van der Waals surface area contributed by atoms with Crippen LogP contribution < -0.4 is 10.1 Å². The van der Waals surface area contributed by atoms with Gasteiger partial charge in [-0.15, -0.1) is 0 Å². The van der Waals surface area contributed by atoms with Crippen LogP contribution in [0, 0.1) is 5.92 Å². The molecule has 9 heteroatoms. The van der Waals surface area contributed by atoms with Crippen LogP contribution >= 0.6 is 0 Å². The molecule has 4 atom stereocenters. The van der Waals surface area contributed by atoms with Gasteiger partial charge in [-0.1, -0.05) is 37.3 Å². The maximum Gasteiger partial charge on any atom is 0.258 e. The maximum absolute atomic E-state index is 14.3. The number of fused-ring (bicyclic) bond motifs is 1. The normalized spacial score (nSPS) is 21.0. The Morgan fingerprint density at radius 2 is 1.86 bits per heavy atom. The summed E-state index contributed by atoms with van der Waals surface area (Å²) in [5.41, 5.74) is 2.17. The number of nitrogens with one attached hydrogen (secondary N) is 1. The summed E-state index contributed by atoms with van der Waals surface area (Å²) in [5, 5.41) is 13.2. The van der Waals surface area contributed by atoms with Crippen LogP contribution in [0.3, 0.4) is 0 Å². The number of carbonyl (C=O) groups is 2. The van der Waals surface area contributed by atoms with Crippen LogP contribution in [0.5, 0.6) is 5.75 Å². The predicted molar refractivity (Wildman–Crippen MR) is 176 cm³/mol. The van der Waals surface area contributed by atoms with E-state index in [4.69, 9.17) is 9.47 Å². The summed E-state index contributed by atoms with van der Waals surface area (Å²) in [6.07, 6.45) is 3.61. The molecule has 2 amide bonds. The molecule has 2 aromatic rings. The Balaban J connectivity index is 1.87. The Kier molecular flexibility index (Phi) is 14.6. The lowest BCUT2D eigenvalue weighted by molar-refractivity contribution is -0.116. The molecule has 0 radical (unpaired) electrons. The SMILES string of the molecule is C[C@H]1CCCCO[C@H](CN(C)Cc2ccccc2)[C@@H](C)CN([C@@H](C)CO)C(=O)c2cc(NC(=O)CCCN(C)C)ccc2O1. The van der Waals surface area contributed by atoms with Gasteiger partial charge in [-0.3, -0.25) is 14.5 Å². The van der Waals surface area contributed by atoms with E-state index in [1.165, 1.54) is 5.56 Å². The van der Waals surface area contributed by atoms with Crippen LogP contribution in [0.25, 0.3) is 0 Å². The number of likely N-dealkylation sites (N-methyl/N-ethyl adjacent to an activating group) is 1. The topological polar surface area (TPSA) is 94.6 Å². The van der Waals surface area contributed by atoms with E-state index in [0.717, 1.165) is 38.8 Å². The Bertz CT molecular complexity index is 1160. The molecule has 44 heavy (non-hydrogen) atoms. The second-order valence-corrected chi connectivity index (χ2v) is 12.6. The minimum Gasteiger partial charge on any atom is -0.490 e.